The largest absolute Gasteiger partial charge is 0.322 e. The lowest BCUT2D eigenvalue weighted by molar-refractivity contribution is 0.102. The topological polar surface area (TPSA) is 54.9 Å². The first-order chi connectivity index (χ1) is 8.69. The van der Waals surface area contributed by atoms with Crippen molar-refractivity contribution in [2.45, 2.75) is 5.16 Å². The Labute approximate surface area is 108 Å². The number of thioether (sulfide) groups is 1. The van der Waals surface area contributed by atoms with E-state index >= 15 is 0 Å². The van der Waals surface area contributed by atoms with Crippen molar-refractivity contribution in [1.82, 2.24) is 9.97 Å². The summed E-state index contributed by atoms with van der Waals surface area (Å²) < 4.78 is 12.7. The monoisotopic (exact) mass is 263 g/mol. The molecule has 1 aromatic heterocycles. The summed E-state index contributed by atoms with van der Waals surface area (Å²) in [7, 11) is 0. The van der Waals surface area contributed by atoms with E-state index in [-0.39, 0.29) is 11.7 Å². The summed E-state index contributed by atoms with van der Waals surface area (Å²) in [6.07, 6.45) is 4.77. The molecule has 0 atom stereocenters. The van der Waals surface area contributed by atoms with Crippen LogP contribution in [0.5, 0.6) is 0 Å². The SMILES string of the molecule is CSc1ncc(C(=O)Nc2ccc(F)cc2)cn1. The summed E-state index contributed by atoms with van der Waals surface area (Å²) >= 11 is 1.40. The Morgan fingerprint density at radius 1 is 1.22 bits per heavy atom. The maximum Gasteiger partial charge on any atom is 0.258 e. The first-order valence-corrected chi connectivity index (χ1v) is 6.34. The number of aromatic nitrogens is 2. The summed E-state index contributed by atoms with van der Waals surface area (Å²) in [6, 6.07) is 5.54. The van der Waals surface area contributed by atoms with E-state index < -0.39 is 0 Å². The number of hydrogen-bond acceptors (Lipinski definition) is 4. The van der Waals surface area contributed by atoms with Gasteiger partial charge < -0.3 is 5.32 Å². The number of halogens is 1. The molecule has 18 heavy (non-hydrogen) atoms. The number of carbonyl (C=O) groups is 1. The predicted molar refractivity (Wildman–Crippen MR) is 68.2 cm³/mol. The Hall–Kier alpha value is -1.95. The van der Waals surface area contributed by atoms with Crippen LogP contribution in [0.25, 0.3) is 0 Å². The van der Waals surface area contributed by atoms with Crippen LogP contribution in [0.3, 0.4) is 0 Å². The number of nitrogens with one attached hydrogen (secondary N) is 1. The minimum Gasteiger partial charge on any atom is -0.322 e. The molecule has 4 nitrogen and oxygen atoms in total. The molecule has 0 saturated heterocycles. The second kappa shape index (κ2) is 5.59. The molecule has 92 valence electrons. The molecule has 1 amide bonds. The van der Waals surface area contributed by atoms with Crippen molar-refractivity contribution < 1.29 is 9.18 Å². The lowest BCUT2D eigenvalue weighted by Crippen LogP contribution is -2.12. The van der Waals surface area contributed by atoms with Gasteiger partial charge in [-0.15, -0.1) is 0 Å². The highest BCUT2D eigenvalue weighted by atomic mass is 32.2. The van der Waals surface area contributed by atoms with Gasteiger partial charge in [-0.05, 0) is 30.5 Å². The molecule has 6 heteroatoms. The molecule has 0 aliphatic rings. The summed E-state index contributed by atoms with van der Waals surface area (Å²) in [5.74, 6) is -0.671. The molecule has 0 spiro atoms. The highest BCUT2D eigenvalue weighted by molar-refractivity contribution is 7.98. The molecule has 1 N–H and O–H groups in total. The zero-order chi connectivity index (χ0) is 13.0. The highest BCUT2D eigenvalue weighted by Gasteiger charge is 2.07. The standard InChI is InChI=1S/C12H10FN3OS/c1-18-12-14-6-8(7-15-12)11(17)16-10-4-2-9(13)3-5-10/h2-7H,1H3,(H,16,17). The van der Waals surface area contributed by atoms with E-state index in [4.69, 9.17) is 0 Å². The third-order valence-corrected chi connectivity index (χ3v) is 2.75. The van der Waals surface area contributed by atoms with Crippen molar-refractivity contribution >= 4 is 23.4 Å². The average molecular weight is 263 g/mol. The van der Waals surface area contributed by atoms with Crippen LogP contribution in [0.15, 0.2) is 41.8 Å². The van der Waals surface area contributed by atoms with Crippen LogP contribution >= 0.6 is 11.8 Å². The third kappa shape index (κ3) is 3.04. The Morgan fingerprint density at radius 3 is 2.39 bits per heavy atom. The summed E-state index contributed by atoms with van der Waals surface area (Å²) in [4.78, 5) is 19.8. The Balaban J connectivity index is 2.09. The van der Waals surface area contributed by atoms with Crippen LogP contribution in [0.4, 0.5) is 10.1 Å². The van der Waals surface area contributed by atoms with Crippen LogP contribution in [-0.4, -0.2) is 22.1 Å². The molecule has 0 fully saturated rings. The molecule has 0 saturated carbocycles. The minimum atomic E-state index is -0.347. The zero-order valence-electron chi connectivity index (χ0n) is 9.55. The molecule has 1 aromatic carbocycles. The highest BCUT2D eigenvalue weighted by Crippen LogP contribution is 2.11. The Kier molecular flexibility index (Phi) is 3.88. The van der Waals surface area contributed by atoms with Gasteiger partial charge in [-0.1, -0.05) is 11.8 Å². The Morgan fingerprint density at radius 2 is 1.83 bits per heavy atom. The van der Waals surface area contributed by atoms with Crippen LogP contribution in [-0.2, 0) is 0 Å². The number of amides is 1. The molecular formula is C12H10FN3OS. The van der Waals surface area contributed by atoms with Gasteiger partial charge in [-0.25, -0.2) is 14.4 Å². The fourth-order valence-corrected chi connectivity index (χ4v) is 1.59. The summed E-state index contributed by atoms with van der Waals surface area (Å²) in [5.41, 5.74) is 0.882. The molecule has 0 bridgehead atoms. The van der Waals surface area contributed by atoms with E-state index in [0.29, 0.717) is 16.4 Å². The zero-order valence-corrected chi connectivity index (χ0v) is 10.4. The van der Waals surface area contributed by atoms with E-state index in [9.17, 15) is 9.18 Å². The number of hydrogen-bond donors (Lipinski definition) is 1. The number of anilines is 1. The van der Waals surface area contributed by atoms with Crippen molar-refractivity contribution in [3.05, 3.63) is 48.0 Å². The van der Waals surface area contributed by atoms with E-state index in [1.165, 1.54) is 48.4 Å². The third-order valence-electron chi connectivity index (χ3n) is 2.18. The van der Waals surface area contributed by atoms with E-state index in [2.05, 4.69) is 15.3 Å². The minimum absolute atomic E-state index is 0.325. The van der Waals surface area contributed by atoms with Gasteiger partial charge in [0.1, 0.15) is 5.82 Å². The molecule has 0 aliphatic carbocycles. The van der Waals surface area contributed by atoms with Gasteiger partial charge in [0.15, 0.2) is 5.16 Å². The van der Waals surface area contributed by atoms with Crippen molar-refractivity contribution in [2.75, 3.05) is 11.6 Å². The molecule has 0 unspecified atom stereocenters. The van der Waals surface area contributed by atoms with Crippen molar-refractivity contribution in [3.8, 4) is 0 Å². The van der Waals surface area contributed by atoms with Gasteiger partial charge in [-0.3, -0.25) is 4.79 Å². The van der Waals surface area contributed by atoms with Crippen LogP contribution in [0.1, 0.15) is 10.4 Å². The fraction of sp³-hybridized carbons (Fsp3) is 0.0833. The average Bonchev–Trinajstić information content (AvgIpc) is 2.41. The maximum atomic E-state index is 12.7. The van der Waals surface area contributed by atoms with Crippen LogP contribution < -0.4 is 5.32 Å². The maximum absolute atomic E-state index is 12.7. The van der Waals surface area contributed by atoms with Gasteiger partial charge in [0.25, 0.3) is 5.91 Å². The van der Waals surface area contributed by atoms with Crippen molar-refractivity contribution in [2.24, 2.45) is 0 Å². The number of benzene rings is 1. The second-order valence-corrected chi connectivity index (χ2v) is 4.19. The summed E-state index contributed by atoms with van der Waals surface area (Å²) in [5, 5.41) is 3.24. The number of rotatable bonds is 3. The van der Waals surface area contributed by atoms with E-state index in [1.54, 1.807) is 0 Å². The van der Waals surface area contributed by atoms with E-state index in [0.717, 1.165) is 0 Å². The van der Waals surface area contributed by atoms with Gasteiger partial charge >= 0.3 is 0 Å². The van der Waals surface area contributed by atoms with E-state index in [1.807, 2.05) is 6.26 Å². The molecule has 1 heterocycles. The smallest absolute Gasteiger partial charge is 0.258 e. The number of carbonyl (C=O) groups excluding carboxylic acids is 1. The molecule has 2 rings (SSSR count). The van der Waals surface area contributed by atoms with Crippen molar-refractivity contribution in [1.29, 1.82) is 0 Å². The molecular weight excluding hydrogens is 253 g/mol. The van der Waals surface area contributed by atoms with Gasteiger partial charge in [0, 0.05) is 18.1 Å². The second-order valence-electron chi connectivity index (χ2n) is 3.42. The first kappa shape index (κ1) is 12.5. The lowest BCUT2D eigenvalue weighted by atomic mass is 10.2. The van der Waals surface area contributed by atoms with Crippen molar-refractivity contribution in [3.63, 3.8) is 0 Å². The van der Waals surface area contributed by atoms with Gasteiger partial charge in [0.05, 0.1) is 5.56 Å². The summed E-state index contributed by atoms with van der Waals surface area (Å²) in [6.45, 7) is 0. The molecule has 2 aromatic rings. The molecule has 0 aliphatic heterocycles. The first-order valence-electron chi connectivity index (χ1n) is 5.12. The molecule has 0 radical (unpaired) electrons. The number of nitrogens with zero attached hydrogens (tertiary/aromatic N) is 2. The normalized spacial score (nSPS) is 10.1. The van der Waals surface area contributed by atoms with Crippen LogP contribution in [0.2, 0.25) is 0 Å². The lowest BCUT2D eigenvalue weighted by Gasteiger charge is -2.04. The van der Waals surface area contributed by atoms with Gasteiger partial charge in [0.2, 0.25) is 0 Å². The van der Waals surface area contributed by atoms with Crippen LogP contribution in [0, 0.1) is 5.82 Å². The fourth-order valence-electron chi connectivity index (χ4n) is 1.28. The Bertz CT molecular complexity index is 542. The quantitative estimate of drug-likeness (QED) is 0.683. The predicted octanol–water partition coefficient (Wildman–Crippen LogP) is 2.59. The van der Waals surface area contributed by atoms with Gasteiger partial charge in [-0.2, -0.15) is 0 Å².